The van der Waals surface area contributed by atoms with Gasteiger partial charge in [-0.2, -0.15) is 13.2 Å². The molecule has 1 aromatic heterocycles. The normalized spacial score (nSPS) is 15.9. The van der Waals surface area contributed by atoms with E-state index in [2.05, 4.69) is 15.3 Å². The number of nitrogens with two attached hydrogens (primary N) is 1. The van der Waals surface area contributed by atoms with E-state index < -0.39 is 51.8 Å². The van der Waals surface area contributed by atoms with E-state index in [1.165, 1.54) is 24.4 Å². The molecule has 1 fully saturated rings. The van der Waals surface area contributed by atoms with Gasteiger partial charge in [-0.05, 0) is 54.1 Å². The van der Waals surface area contributed by atoms with Gasteiger partial charge in [-0.1, -0.05) is 0 Å². The molecule has 0 saturated carbocycles. The Labute approximate surface area is 217 Å². The third-order valence-electron chi connectivity index (χ3n) is 6.30. The van der Waals surface area contributed by atoms with Crippen LogP contribution in [0, 0.1) is 11.6 Å². The number of halogens is 5. The molecular formula is C27H19F5N4O3. The lowest BCUT2D eigenvalue weighted by Gasteiger charge is -2.22. The van der Waals surface area contributed by atoms with Gasteiger partial charge in [0, 0.05) is 29.8 Å². The number of amides is 1. The van der Waals surface area contributed by atoms with Crippen molar-refractivity contribution in [1.29, 1.82) is 0 Å². The number of fused-ring (bicyclic) bond motifs is 1. The highest BCUT2D eigenvalue weighted by molar-refractivity contribution is 6.11. The number of nitrogens with zero attached hydrogens (tertiary/aromatic N) is 2. The summed E-state index contributed by atoms with van der Waals surface area (Å²) in [4.78, 5) is 33.6. The molecule has 2 heterocycles. The summed E-state index contributed by atoms with van der Waals surface area (Å²) in [6, 6.07) is 7.67. The van der Waals surface area contributed by atoms with Crippen molar-refractivity contribution in [3.05, 3.63) is 94.3 Å². The molecule has 0 radical (unpaired) electrons. The smallest absolute Gasteiger partial charge is 0.369 e. The van der Waals surface area contributed by atoms with Crippen LogP contribution in [0.1, 0.15) is 43.6 Å². The van der Waals surface area contributed by atoms with Gasteiger partial charge in [0.25, 0.3) is 0 Å². The quantitative estimate of drug-likeness (QED) is 0.282. The summed E-state index contributed by atoms with van der Waals surface area (Å²) in [6.07, 6.45) is -3.77. The number of nitrogens with one attached hydrogen (secondary N) is 1. The molecule has 1 amide bonds. The van der Waals surface area contributed by atoms with Crippen molar-refractivity contribution in [2.24, 2.45) is 5.73 Å². The summed E-state index contributed by atoms with van der Waals surface area (Å²) in [5.41, 5.74) is 2.11. The molecule has 3 N–H and O–H groups in total. The molecule has 7 nitrogen and oxygen atoms in total. The lowest BCUT2D eigenvalue weighted by molar-refractivity contribution is -0.137. The fourth-order valence-electron chi connectivity index (χ4n) is 4.36. The van der Waals surface area contributed by atoms with Crippen LogP contribution in [0.15, 0.2) is 54.7 Å². The van der Waals surface area contributed by atoms with E-state index >= 15 is 4.39 Å². The number of rotatable bonds is 5. The highest BCUT2D eigenvalue weighted by atomic mass is 19.4. The zero-order valence-corrected chi connectivity index (χ0v) is 20.0. The van der Waals surface area contributed by atoms with Gasteiger partial charge in [-0.25, -0.2) is 13.8 Å². The zero-order chi connectivity index (χ0) is 27.9. The summed E-state index contributed by atoms with van der Waals surface area (Å²) < 4.78 is 77.2. The summed E-state index contributed by atoms with van der Waals surface area (Å²) in [5, 5.41) is 3.18. The molecule has 39 heavy (non-hydrogen) atoms. The van der Waals surface area contributed by atoms with E-state index in [1.54, 1.807) is 0 Å². The van der Waals surface area contributed by atoms with Crippen molar-refractivity contribution < 1.29 is 36.3 Å². The van der Waals surface area contributed by atoms with Gasteiger partial charge in [0.05, 0.1) is 40.7 Å². The van der Waals surface area contributed by atoms with Gasteiger partial charge < -0.3 is 15.8 Å². The fourth-order valence-corrected chi connectivity index (χ4v) is 4.36. The number of benzene rings is 3. The largest absolute Gasteiger partial charge is 0.417 e. The molecule has 0 aliphatic carbocycles. The molecular weight excluding hydrogens is 523 g/mol. The van der Waals surface area contributed by atoms with Crippen molar-refractivity contribution in [2.45, 2.75) is 12.3 Å². The Bertz CT molecular complexity index is 1620. The van der Waals surface area contributed by atoms with E-state index in [9.17, 15) is 27.2 Å². The van der Waals surface area contributed by atoms with Gasteiger partial charge in [0.15, 0.2) is 5.78 Å². The minimum absolute atomic E-state index is 0.156. The van der Waals surface area contributed by atoms with Crippen molar-refractivity contribution in [1.82, 2.24) is 15.3 Å². The number of hydrogen-bond acceptors (Lipinski definition) is 6. The van der Waals surface area contributed by atoms with Crippen molar-refractivity contribution >= 4 is 22.7 Å². The molecule has 3 aromatic carbocycles. The highest BCUT2D eigenvalue weighted by Crippen LogP contribution is 2.39. The van der Waals surface area contributed by atoms with Crippen molar-refractivity contribution in [3.63, 3.8) is 0 Å². The first-order chi connectivity index (χ1) is 18.5. The lowest BCUT2D eigenvalue weighted by atomic mass is 9.92. The third kappa shape index (κ3) is 5.08. The lowest BCUT2D eigenvalue weighted by Crippen LogP contribution is -2.33. The van der Waals surface area contributed by atoms with Crippen LogP contribution in [-0.4, -0.2) is 41.4 Å². The van der Waals surface area contributed by atoms with Gasteiger partial charge in [-0.3, -0.25) is 14.6 Å². The first-order valence-corrected chi connectivity index (χ1v) is 11.7. The average Bonchev–Trinajstić information content (AvgIpc) is 2.92. The molecule has 1 aliphatic rings. The first kappa shape index (κ1) is 26.3. The molecule has 1 aliphatic heterocycles. The zero-order valence-electron chi connectivity index (χ0n) is 20.0. The fraction of sp³-hybridized carbons (Fsp3) is 0.185. The Morgan fingerprint density at radius 2 is 1.74 bits per heavy atom. The molecule has 5 rings (SSSR count). The van der Waals surface area contributed by atoms with Crippen LogP contribution in [0.25, 0.3) is 22.2 Å². The van der Waals surface area contributed by atoms with E-state index in [4.69, 9.17) is 10.5 Å². The van der Waals surface area contributed by atoms with Crippen molar-refractivity contribution in [2.75, 3.05) is 19.7 Å². The number of hydrogen-bond donors (Lipinski definition) is 2. The van der Waals surface area contributed by atoms with Crippen LogP contribution in [0.4, 0.5) is 22.0 Å². The van der Waals surface area contributed by atoms with E-state index in [1.807, 2.05) is 0 Å². The second-order valence-corrected chi connectivity index (χ2v) is 8.80. The number of primary amides is 1. The maximum atomic E-state index is 15.6. The van der Waals surface area contributed by atoms with E-state index in [-0.39, 0.29) is 22.7 Å². The number of aromatic nitrogens is 2. The number of ether oxygens (including phenoxy) is 1. The van der Waals surface area contributed by atoms with Crippen LogP contribution in [-0.2, 0) is 10.9 Å². The Hall–Kier alpha value is -4.29. The molecule has 1 saturated heterocycles. The minimum Gasteiger partial charge on any atom is -0.369 e. The summed E-state index contributed by atoms with van der Waals surface area (Å²) >= 11 is 0. The molecule has 1 unspecified atom stereocenters. The van der Waals surface area contributed by atoms with Gasteiger partial charge in [-0.15, -0.1) is 0 Å². The SMILES string of the molecule is NC(=O)c1ccc(C(F)(F)F)c(-c2ccc(F)c(C(=O)c3ccc4nc(C5CNCCO5)cnc4c3)c2F)c1. The second-order valence-electron chi connectivity index (χ2n) is 8.80. The van der Waals surface area contributed by atoms with E-state index in [0.29, 0.717) is 43.0 Å². The summed E-state index contributed by atoms with van der Waals surface area (Å²) in [5.74, 6) is -4.95. The highest BCUT2D eigenvalue weighted by Gasteiger charge is 2.35. The van der Waals surface area contributed by atoms with Crippen LogP contribution >= 0.6 is 0 Å². The Morgan fingerprint density at radius 1 is 0.974 bits per heavy atom. The maximum absolute atomic E-state index is 15.6. The Balaban J connectivity index is 1.56. The third-order valence-corrected chi connectivity index (χ3v) is 6.30. The number of ketones is 1. The molecule has 0 bridgehead atoms. The number of carbonyl (C=O) groups is 2. The predicted molar refractivity (Wildman–Crippen MR) is 130 cm³/mol. The van der Waals surface area contributed by atoms with Crippen LogP contribution in [0.3, 0.4) is 0 Å². The Morgan fingerprint density at radius 3 is 2.44 bits per heavy atom. The van der Waals surface area contributed by atoms with E-state index in [0.717, 1.165) is 18.2 Å². The molecule has 200 valence electrons. The first-order valence-electron chi connectivity index (χ1n) is 11.7. The molecule has 12 heteroatoms. The van der Waals surface area contributed by atoms with Crippen LogP contribution < -0.4 is 11.1 Å². The molecule has 1 atom stereocenters. The number of alkyl halides is 3. The van der Waals surface area contributed by atoms with Gasteiger partial charge >= 0.3 is 6.18 Å². The standard InChI is InChI=1S/C27H19F5N4O3/c28-18-5-3-15(16-9-14(26(33)38)1-4-17(16)27(30,31)32)24(29)23(18)25(37)13-2-6-19-20(10-13)35-11-21(36-19)22-12-34-7-8-39-22/h1-6,9-11,22,34H,7-8,12H2,(H2,33,38). The van der Waals surface area contributed by atoms with Crippen LogP contribution in [0.5, 0.6) is 0 Å². The maximum Gasteiger partial charge on any atom is 0.417 e. The minimum atomic E-state index is -4.94. The van der Waals surface area contributed by atoms with Crippen LogP contribution in [0.2, 0.25) is 0 Å². The second kappa shape index (κ2) is 10.1. The summed E-state index contributed by atoms with van der Waals surface area (Å²) in [7, 11) is 0. The molecule has 4 aromatic rings. The van der Waals surface area contributed by atoms with Crippen molar-refractivity contribution in [3.8, 4) is 11.1 Å². The van der Waals surface area contributed by atoms with Gasteiger partial charge in [0.1, 0.15) is 17.7 Å². The topological polar surface area (TPSA) is 107 Å². The molecule has 0 spiro atoms. The monoisotopic (exact) mass is 542 g/mol. The number of morpholine rings is 1. The Kier molecular flexibility index (Phi) is 6.83. The average molecular weight is 542 g/mol. The van der Waals surface area contributed by atoms with Gasteiger partial charge in [0.2, 0.25) is 5.91 Å². The number of carbonyl (C=O) groups excluding carboxylic acids is 2. The predicted octanol–water partition coefficient (Wildman–Crippen LogP) is 4.58. The summed E-state index contributed by atoms with van der Waals surface area (Å²) in [6.45, 7) is 1.76.